The smallest absolute Gasteiger partial charge is 0.275 e. The van der Waals surface area contributed by atoms with Gasteiger partial charge in [0, 0.05) is 17.8 Å². The van der Waals surface area contributed by atoms with Crippen molar-refractivity contribution < 1.29 is 9.53 Å². The van der Waals surface area contributed by atoms with Crippen molar-refractivity contribution >= 4 is 27.9 Å². The summed E-state index contributed by atoms with van der Waals surface area (Å²) < 4.78 is 7.21. The molecule has 4 fully saturated rings. The molecule has 0 saturated heterocycles. The van der Waals surface area contributed by atoms with Crippen molar-refractivity contribution in [2.24, 2.45) is 23.2 Å². The zero-order valence-electron chi connectivity index (χ0n) is 18.0. The first-order valence-electron chi connectivity index (χ1n) is 11.4. The molecule has 4 saturated carbocycles. The third kappa shape index (κ3) is 3.50. The van der Waals surface area contributed by atoms with E-state index in [1.54, 1.807) is 0 Å². The molecule has 7 nitrogen and oxygen atoms in total. The average molecular weight is 451 g/mol. The first-order valence-corrected chi connectivity index (χ1v) is 12.2. The van der Waals surface area contributed by atoms with Crippen molar-refractivity contribution in [3.8, 4) is 5.75 Å². The van der Waals surface area contributed by atoms with Crippen LogP contribution >= 0.6 is 11.3 Å². The third-order valence-corrected chi connectivity index (χ3v) is 8.22. The van der Waals surface area contributed by atoms with Gasteiger partial charge in [-0.2, -0.15) is 9.61 Å². The largest absolute Gasteiger partial charge is 0.487 e. The number of benzene rings is 1. The number of hydrogen-bond donors (Lipinski definition) is 1. The Labute approximate surface area is 189 Å². The van der Waals surface area contributed by atoms with Crippen LogP contribution in [0.25, 0.3) is 4.96 Å². The van der Waals surface area contributed by atoms with Crippen LogP contribution in [0, 0.1) is 30.1 Å². The molecular weight excluding hydrogens is 424 g/mol. The van der Waals surface area contributed by atoms with E-state index in [2.05, 4.69) is 15.4 Å². The minimum absolute atomic E-state index is 0.175. The van der Waals surface area contributed by atoms with E-state index in [4.69, 9.17) is 4.74 Å². The number of amides is 1. The van der Waals surface area contributed by atoms with Crippen LogP contribution in [0.2, 0.25) is 0 Å². The molecule has 4 aliphatic rings. The number of nitrogens with zero attached hydrogens (tertiary/aromatic N) is 3. The number of nitrogens with one attached hydrogen (secondary N) is 1. The second-order valence-corrected chi connectivity index (χ2v) is 11.0. The molecule has 1 aromatic carbocycles. The van der Waals surface area contributed by atoms with E-state index in [9.17, 15) is 9.59 Å². The first kappa shape index (κ1) is 19.9. The van der Waals surface area contributed by atoms with Crippen molar-refractivity contribution in [3.05, 3.63) is 51.4 Å². The quantitative estimate of drug-likeness (QED) is 0.630. The zero-order chi connectivity index (χ0) is 21.9. The van der Waals surface area contributed by atoms with Crippen LogP contribution in [0.5, 0.6) is 5.75 Å². The molecule has 32 heavy (non-hydrogen) atoms. The highest BCUT2D eigenvalue weighted by atomic mass is 32.1. The number of anilines is 1. The summed E-state index contributed by atoms with van der Waals surface area (Å²) in [6, 6.07) is 8.93. The monoisotopic (exact) mass is 450 g/mol. The van der Waals surface area contributed by atoms with Gasteiger partial charge in [-0.1, -0.05) is 17.4 Å². The predicted octanol–water partition coefficient (Wildman–Crippen LogP) is 4.19. The summed E-state index contributed by atoms with van der Waals surface area (Å²) in [5, 5.41) is 8.12. The lowest BCUT2D eigenvalue weighted by atomic mass is 9.49. The third-order valence-electron chi connectivity index (χ3n) is 7.40. The number of carbonyl (C=O) groups excluding carboxylic acids is 1. The standard InChI is InChI=1S/C24H26N4O3S/c1-14-27-28-21(29)9-19(26-23(28)32-14)13-31-20-4-2-3-18(8-20)25-22(30)24-10-15-5-16(11-24)7-17(6-15)12-24/h2-4,8-9,15-17H,5-7,10-13H2,1H3,(H,25,30). The Morgan fingerprint density at radius 2 is 1.91 bits per heavy atom. The molecule has 2 aromatic heterocycles. The van der Waals surface area contributed by atoms with Crippen LogP contribution in [0.4, 0.5) is 5.69 Å². The molecule has 8 heteroatoms. The summed E-state index contributed by atoms with van der Waals surface area (Å²) in [6.45, 7) is 2.02. The van der Waals surface area contributed by atoms with Crippen LogP contribution < -0.4 is 15.6 Å². The Kier molecular flexibility index (Phi) is 4.61. The SMILES string of the molecule is Cc1nn2c(=O)cc(COc3cccc(NC(=O)C45CC6CC(CC(C6)C4)C5)c3)nc2s1. The van der Waals surface area contributed by atoms with Crippen molar-refractivity contribution in [1.29, 1.82) is 0 Å². The number of ether oxygens (including phenoxy) is 1. The second-order valence-electron chi connectivity index (χ2n) is 9.87. The normalized spacial score (nSPS) is 28.2. The molecule has 0 atom stereocenters. The lowest BCUT2D eigenvalue weighted by molar-refractivity contribution is -0.140. The number of rotatable bonds is 5. The molecule has 1 amide bonds. The summed E-state index contributed by atoms with van der Waals surface area (Å²) in [6.07, 6.45) is 7.09. The Bertz CT molecular complexity index is 1230. The van der Waals surface area contributed by atoms with E-state index in [1.165, 1.54) is 41.2 Å². The number of aromatic nitrogens is 3. The van der Waals surface area contributed by atoms with Gasteiger partial charge < -0.3 is 10.1 Å². The van der Waals surface area contributed by atoms with Crippen molar-refractivity contribution in [2.75, 3.05) is 5.32 Å². The van der Waals surface area contributed by atoms with E-state index in [-0.39, 0.29) is 23.5 Å². The lowest BCUT2D eigenvalue weighted by Gasteiger charge is -2.55. The zero-order valence-corrected chi connectivity index (χ0v) is 18.9. The molecule has 166 valence electrons. The number of carbonyl (C=O) groups is 1. The van der Waals surface area contributed by atoms with Gasteiger partial charge in [0.15, 0.2) is 0 Å². The number of hydrogen-bond acceptors (Lipinski definition) is 6. The molecule has 3 aromatic rings. The van der Waals surface area contributed by atoms with Gasteiger partial charge in [-0.3, -0.25) is 9.59 Å². The van der Waals surface area contributed by atoms with E-state index in [0.29, 0.717) is 16.4 Å². The summed E-state index contributed by atoms with van der Waals surface area (Å²) in [5.74, 6) is 3.01. The van der Waals surface area contributed by atoms with E-state index < -0.39 is 0 Å². The second kappa shape index (κ2) is 7.40. The lowest BCUT2D eigenvalue weighted by Crippen LogP contribution is -2.51. The van der Waals surface area contributed by atoms with Crippen LogP contribution in [0.15, 0.2) is 35.1 Å². The maximum atomic E-state index is 13.3. The average Bonchev–Trinajstić information content (AvgIpc) is 3.12. The maximum Gasteiger partial charge on any atom is 0.275 e. The summed E-state index contributed by atoms with van der Waals surface area (Å²) >= 11 is 1.37. The first-order chi connectivity index (χ1) is 15.5. The minimum atomic E-state index is -0.213. The number of aryl methyl sites for hydroxylation is 1. The summed E-state index contributed by atoms with van der Waals surface area (Å²) in [7, 11) is 0. The fraction of sp³-hybridized carbons (Fsp3) is 0.500. The van der Waals surface area contributed by atoms with Gasteiger partial charge in [-0.25, -0.2) is 4.98 Å². The highest BCUT2D eigenvalue weighted by Gasteiger charge is 2.54. The van der Waals surface area contributed by atoms with Gasteiger partial charge in [0.1, 0.15) is 17.4 Å². The molecule has 4 aliphatic carbocycles. The topological polar surface area (TPSA) is 85.6 Å². The summed E-state index contributed by atoms with van der Waals surface area (Å²) in [5.41, 5.74) is 0.918. The predicted molar refractivity (Wildman–Crippen MR) is 122 cm³/mol. The summed E-state index contributed by atoms with van der Waals surface area (Å²) in [4.78, 5) is 30.6. The fourth-order valence-electron chi connectivity index (χ4n) is 6.50. The van der Waals surface area contributed by atoms with Gasteiger partial charge >= 0.3 is 0 Å². The van der Waals surface area contributed by atoms with Crippen LogP contribution in [-0.2, 0) is 11.4 Å². The van der Waals surface area contributed by atoms with Crippen LogP contribution in [0.1, 0.15) is 49.2 Å². The van der Waals surface area contributed by atoms with E-state index >= 15 is 0 Å². The highest BCUT2D eigenvalue weighted by Crippen LogP contribution is 2.60. The molecule has 4 bridgehead atoms. The number of fused-ring (bicyclic) bond motifs is 1. The Balaban J connectivity index is 1.15. The molecular formula is C24H26N4O3S. The molecule has 0 unspecified atom stereocenters. The Morgan fingerprint density at radius 1 is 1.19 bits per heavy atom. The van der Waals surface area contributed by atoms with E-state index in [0.717, 1.165) is 47.7 Å². The van der Waals surface area contributed by atoms with Gasteiger partial charge in [-0.15, -0.1) is 0 Å². The minimum Gasteiger partial charge on any atom is -0.487 e. The highest BCUT2D eigenvalue weighted by molar-refractivity contribution is 7.16. The van der Waals surface area contributed by atoms with Gasteiger partial charge in [0.25, 0.3) is 5.56 Å². The van der Waals surface area contributed by atoms with Crippen molar-refractivity contribution in [2.45, 2.75) is 52.1 Å². The van der Waals surface area contributed by atoms with Gasteiger partial charge in [0.05, 0.1) is 11.1 Å². The molecule has 1 N–H and O–H groups in total. The van der Waals surface area contributed by atoms with Crippen LogP contribution in [-0.4, -0.2) is 20.5 Å². The van der Waals surface area contributed by atoms with E-state index in [1.807, 2.05) is 31.2 Å². The van der Waals surface area contributed by atoms with Gasteiger partial charge in [0.2, 0.25) is 10.9 Å². The molecule has 0 spiro atoms. The fourth-order valence-corrected chi connectivity index (χ4v) is 7.27. The van der Waals surface area contributed by atoms with Crippen molar-refractivity contribution in [3.63, 3.8) is 0 Å². The maximum absolute atomic E-state index is 13.3. The van der Waals surface area contributed by atoms with Gasteiger partial charge in [-0.05, 0) is 75.3 Å². The molecule has 0 aliphatic heterocycles. The van der Waals surface area contributed by atoms with Crippen molar-refractivity contribution in [1.82, 2.24) is 14.6 Å². The Morgan fingerprint density at radius 3 is 2.62 bits per heavy atom. The molecule has 7 rings (SSSR count). The molecule has 2 heterocycles. The van der Waals surface area contributed by atoms with Crippen LogP contribution in [0.3, 0.4) is 0 Å². The molecule has 0 radical (unpaired) electrons. The Hall–Kier alpha value is -2.74.